The molecule has 0 bridgehead atoms. The fraction of sp³-hybridized carbons (Fsp3) is 0.750. The fourth-order valence-electron chi connectivity index (χ4n) is 2.41. The molecule has 2 aliphatic rings. The molecule has 0 aliphatic carbocycles. The zero-order chi connectivity index (χ0) is 15.0. The van der Waals surface area contributed by atoms with E-state index in [4.69, 9.17) is 4.74 Å². The lowest BCUT2D eigenvalue weighted by Crippen LogP contribution is -2.68. The number of carboxylic acid groups (broad SMARTS) is 1. The Kier molecular flexibility index (Phi) is 3.59. The minimum absolute atomic E-state index is 0.0610. The number of carbonyl (C=O) groups is 3. The van der Waals surface area contributed by atoms with Crippen LogP contribution in [0.4, 0.5) is 4.79 Å². The Hall–Kier alpha value is -1.83. The smallest absolute Gasteiger partial charge is 0.332 e. The molecule has 0 aromatic carbocycles. The third-order valence-electron chi connectivity index (χ3n) is 3.87. The van der Waals surface area contributed by atoms with E-state index in [1.165, 1.54) is 4.90 Å². The molecule has 112 valence electrons. The molecule has 3 amide bonds. The molecule has 8 heteroatoms. The van der Waals surface area contributed by atoms with Crippen molar-refractivity contribution in [3.63, 3.8) is 0 Å². The van der Waals surface area contributed by atoms with E-state index >= 15 is 0 Å². The highest BCUT2D eigenvalue weighted by atomic mass is 16.5. The lowest BCUT2D eigenvalue weighted by Gasteiger charge is -2.42. The third-order valence-corrected chi connectivity index (χ3v) is 3.87. The number of nitrogens with zero attached hydrogens (tertiary/aromatic N) is 1. The predicted molar refractivity (Wildman–Crippen MR) is 68.1 cm³/mol. The van der Waals surface area contributed by atoms with Crippen molar-refractivity contribution >= 4 is 17.9 Å². The highest BCUT2D eigenvalue weighted by Crippen LogP contribution is 2.22. The van der Waals surface area contributed by atoms with Crippen molar-refractivity contribution < 1.29 is 24.2 Å². The first-order chi connectivity index (χ1) is 9.29. The van der Waals surface area contributed by atoms with Crippen molar-refractivity contribution in [2.45, 2.75) is 31.3 Å². The van der Waals surface area contributed by atoms with Gasteiger partial charge in [-0.25, -0.2) is 9.59 Å². The predicted octanol–water partition coefficient (Wildman–Crippen LogP) is -0.850. The van der Waals surface area contributed by atoms with Crippen molar-refractivity contribution in [3.05, 3.63) is 0 Å². The van der Waals surface area contributed by atoms with E-state index in [-0.39, 0.29) is 25.5 Å². The topological polar surface area (TPSA) is 108 Å². The molecule has 0 aromatic rings. The number of aliphatic carboxylic acids is 1. The maximum absolute atomic E-state index is 12.3. The number of amides is 3. The Morgan fingerprint density at radius 2 is 2.15 bits per heavy atom. The van der Waals surface area contributed by atoms with Gasteiger partial charge in [-0.2, -0.15) is 0 Å². The number of nitrogens with one attached hydrogen (secondary N) is 2. The van der Waals surface area contributed by atoms with Crippen molar-refractivity contribution in [1.29, 1.82) is 0 Å². The summed E-state index contributed by atoms with van der Waals surface area (Å²) >= 11 is 0. The number of piperazine rings is 1. The minimum atomic E-state index is -1.40. The lowest BCUT2D eigenvalue weighted by molar-refractivity contribution is -0.144. The maximum atomic E-state index is 12.3. The van der Waals surface area contributed by atoms with Crippen LogP contribution in [0.15, 0.2) is 0 Å². The zero-order valence-electron chi connectivity index (χ0n) is 11.6. The van der Waals surface area contributed by atoms with Gasteiger partial charge in [0, 0.05) is 26.1 Å². The summed E-state index contributed by atoms with van der Waals surface area (Å²) < 4.78 is 5.09. The van der Waals surface area contributed by atoms with Crippen molar-refractivity contribution in [1.82, 2.24) is 15.5 Å². The van der Waals surface area contributed by atoms with Crippen LogP contribution in [0.3, 0.4) is 0 Å². The SMILES string of the molecule is CC1(C)C(=O)NCCN1C(=O)NC1(C(=O)O)CCOC1. The van der Waals surface area contributed by atoms with E-state index < -0.39 is 23.1 Å². The molecule has 0 radical (unpaired) electrons. The van der Waals surface area contributed by atoms with E-state index in [9.17, 15) is 19.5 Å². The number of hydrogen-bond donors (Lipinski definition) is 3. The van der Waals surface area contributed by atoms with Gasteiger partial charge in [0.15, 0.2) is 5.54 Å². The van der Waals surface area contributed by atoms with Crippen LogP contribution < -0.4 is 10.6 Å². The number of carboxylic acids is 1. The quantitative estimate of drug-likeness (QED) is 0.612. The van der Waals surface area contributed by atoms with Crippen LogP contribution in [0, 0.1) is 0 Å². The van der Waals surface area contributed by atoms with Gasteiger partial charge in [0.1, 0.15) is 5.54 Å². The molecule has 2 saturated heterocycles. The average Bonchev–Trinajstić information content (AvgIpc) is 2.82. The van der Waals surface area contributed by atoms with E-state index in [2.05, 4.69) is 10.6 Å². The molecule has 20 heavy (non-hydrogen) atoms. The third kappa shape index (κ3) is 2.31. The van der Waals surface area contributed by atoms with Gasteiger partial charge < -0.3 is 25.4 Å². The Morgan fingerprint density at radius 1 is 1.45 bits per heavy atom. The highest BCUT2D eigenvalue weighted by Gasteiger charge is 2.47. The van der Waals surface area contributed by atoms with Crippen LogP contribution in [-0.2, 0) is 14.3 Å². The van der Waals surface area contributed by atoms with E-state index in [0.29, 0.717) is 13.1 Å². The van der Waals surface area contributed by atoms with Gasteiger partial charge in [-0.05, 0) is 13.8 Å². The Morgan fingerprint density at radius 3 is 2.70 bits per heavy atom. The summed E-state index contributed by atoms with van der Waals surface area (Å²) in [5.74, 6) is -1.38. The molecule has 2 fully saturated rings. The van der Waals surface area contributed by atoms with Crippen LogP contribution in [0.2, 0.25) is 0 Å². The van der Waals surface area contributed by atoms with Gasteiger partial charge in [-0.1, -0.05) is 0 Å². The van der Waals surface area contributed by atoms with Crippen LogP contribution in [0.25, 0.3) is 0 Å². The summed E-state index contributed by atoms with van der Waals surface area (Å²) in [6.45, 7) is 4.16. The lowest BCUT2D eigenvalue weighted by atomic mass is 9.97. The molecule has 2 rings (SSSR count). The van der Waals surface area contributed by atoms with E-state index in [0.717, 1.165) is 0 Å². The van der Waals surface area contributed by atoms with Gasteiger partial charge >= 0.3 is 12.0 Å². The number of carbonyl (C=O) groups excluding carboxylic acids is 2. The first-order valence-corrected chi connectivity index (χ1v) is 6.49. The van der Waals surface area contributed by atoms with Gasteiger partial charge in [-0.15, -0.1) is 0 Å². The molecular weight excluding hydrogens is 266 g/mol. The second kappa shape index (κ2) is 4.93. The number of urea groups is 1. The van der Waals surface area contributed by atoms with E-state index in [1.54, 1.807) is 13.8 Å². The molecule has 0 aromatic heterocycles. The van der Waals surface area contributed by atoms with Crippen LogP contribution in [0.5, 0.6) is 0 Å². The normalized spacial score (nSPS) is 28.9. The number of hydrogen-bond acceptors (Lipinski definition) is 4. The summed E-state index contributed by atoms with van der Waals surface area (Å²) in [5, 5.41) is 14.5. The summed E-state index contributed by atoms with van der Waals surface area (Å²) in [5.41, 5.74) is -2.41. The van der Waals surface area contributed by atoms with Gasteiger partial charge in [-0.3, -0.25) is 4.79 Å². The Balaban J connectivity index is 2.15. The molecule has 0 spiro atoms. The average molecular weight is 285 g/mol. The standard InChI is InChI=1S/C12H19N3O5/c1-11(2)8(16)13-4-5-15(11)10(19)14-12(9(17)18)3-6-20-7-12/h3-7H2,1-2H3,(H,13,16)(H,14,19)(H,17,18). The van der Waals surface area contributed by atoms with Crippen molar-refractivity contribution in [2.75, 3.05) is 26.3 Å². The Bertz CT molecular complexity index is 442. The van der Waals surface area contributed by atoms with Crippen molar-refractivity contribution in [2.24, 2.45) is 0 Å². The molecular formula is C12H19N3O5. The first-order valence-electron chi connectivity index (χ1n) is 6.49. The maximum Gasteiger partial charge on any atom is 0.332 e. The molecule has 2 heterocycles. The van der Waals surface area contributed by atoms with Crippen LogP contribution in [0.1, 0.15) is 20.3 Å². The van der Waals surface area contributed by atoms with Gasteiger partial charge in [0.05, 0.1) is 6.61 Å². The summed E-state index contributed by atoms with van der Waals surface area (Å²) in [7, 11) is 0. The summed E-state index contributed by atoms with van der Waals surface area (Å²) in [4.78, 5) is 36.9. The van der Waals surface area contributed by atoms with Crippen molar-refractivity contribution in [3.8, 4) is 0 Å². The second-order valence-corrected chi connectivity index (χ2v) is 5.59. The Labute approximate surface area is 116 Å². The van der Waals surface area contributed by atoms with Crippen LogP contribution in [-0.4, -0.2) is 65.3 Å². The largest absolute Gasteiger partial charge is 0.479 e. The summed E-state index contributed by atoms with van der Waals surface area (Å²) in [6, 6.07) is -0.558. The molecule has 8 nitrogen and oxygen atoms in total. The highest BCUT2D eigenvalue weighted by molar-refractivity contribution is 5.93. The first kappa shape index (κ1) is 14.6. The van der Waals surface area contributed by atoms with Crippen LogP contribution >= 0.6 is 0 Å². The molecule has 0 saturated carbocycles. The molecule has 1 atom stereocenters. The number of rotatable bonds is 2. The number of ether oxygens (including phenoxy) is 1. The summed E-state index contributed by atoms with van der Waals surface area (Å²) in [6.07, 6.45) is 0.217. The van der Waals surface area contributed by atoms with E-state index in [1.807, 2.05) is 0 Å². The molecule has 3 N–H and O–H groups in total. The minimum Gasteiger partial charge on any atom is -0.479 e. The monoisotopic (exact) mass is 285 g/mol. The molecule has 1 unspecified atom stereocenters. The molecule has 2 aliphatic heterocycles. The zero-order valence-corrected chi connectivity index (χ0v) is 11.6. The van der Waals surface area contributed by atoms with Gasteiger partial charge in [0.25, 0.3) is 0 Å². The second-order valence-electron chi connectivity index (χ2n) is 5.59. The fourth-order valence-corrected chi connectivity index (χ4v) is 2.41. The van der Waals surface area contributed by atoms with Gasteiger partial charge in [0.2, 0.25) is 5.91 Å².